The van der Waals surface area contributed by atoms with Gasteiger partial charge in [-0.3, -0.25) is 14.4 Å². The lowest BCUT2D eigenvalue weighted by Gasteiger charge is -2.15. The summed E-state index contributed by atoms with van der Waals surface area (Å²) in [4.78, 5) is 47.6. The first-order chi connectivity index (χ1) is 25.8. The number of amides is 2. The van der Waals surface area contributed by atoms with Gasteiger partial charge in [-0.25, -0.2) is 4.79 Å². The maximum absolute atomic E-state index is 12.7. The van der Waals surface area contributed by atoms with Gasteiger partial charge in [0.1, 0.15) is 12.1 Å². The molecule has 0 aliphatic rings. The Morgan fingerprint density at radius 1 is 0.604 bits per heavy atom. The lowest BCUT2D eigenvalue weighted by Crippen LogP contribution is -2.47. The quantitative estimate of drug-likeness (QED) is 0.0288. The average molecular weight is 741 g/mol. The van der Waals surface area contributed by atoms with E-state index < -0.39 is 24.5 Å². The van der Waals surface area contributed by atoms with E-state index in [1.165, 1.54) is 38.5 Å². The standard InChI is InChI=1S/C44H72N2O7/c1-3-5-7-9-11-13-15-16-17-18-19-21-23-25-27-32-36-43(50)53-39(33-29-26-24-22-20-14-12-10-8-6-4-2)34-30-28-31-35-41(48)45-37-42(49)46-40(38-47)44(51)52/h6,8,12-15,17-18,22,24,29,33,39-40,47H,3-5,7,9-11,16,19-21,23,25-28,30-32,34-38H2,1-2H3,(H,45,48)(H,46,49)(H,51,52)/b8-6-,14-12-,15-13-,18-17-,24-22-,33-29-. The summed E-state index contributed by atoms with van der Waals surface area (Å²) in [5.41, 5.74) is 0. The first kappa shape index (κ1) is 49.3. The third-order valence-electron chi connectivity index (χ3n) is 8.42. The Morgan fingerprint density at radius 3 is 1.74 bits per heavy atom. The highest BCUT2D eigenvalue weighted by molar-refractivity contribution is 5.87. The molecule has 0 heterocycles. The summed E-state index contributed by atoms with van der Waals surface area (Å²) in [5.74, 6) is -2.52. The lowest BCUT2D eigenvalue weighted by atomic mass is 10.1. The summed E-state index contributed by atoms with van der Waals surface area (Å²) in [7, 11) is 0. The number of esters is 1. The molecular formula is C44H72N2O7. The number of aliphatic hydroxyl groups is 1. The minimum atomic E-state index is -1.41. The van der Waals surface area contributed by atoms with E-state index in [0.29, 0.717) is 19.3 Å². The van der Waals surface area contributed by atoms with Crippen molar-refractivity contribution in [2.24, 2.45) is 0 Å². The number of carbonyl (C=O) groups excluding carboxylic acids is 3. The fourth-order valence-corrected chi connectivity index (χ4v) is 5.30. The number of carboxylic acid groups (broad SMARTS) is 1. The van der Waals surface area contributed by atoms with Gasteiger partial charge in [-0.1, -0.05) is 126 Å². The summed E-state index contributed by atoms with van der Waals surface area (Å²) in [6, 6.07) is -1.41. The van der Waals surface area contributed by atoms with E-state index in [9.17, 15) is 19.2 Å². The van der Waals surface area contributed by atoms with Crippen molar-refractivity contribution in [1.29, 1.82) is 0 Å². The Labute approximate surface area is 321 Å². The third-order valence-corrected chi connectivity index (χ3v) is 8.42. The highest BCUT2D eigenvalue weighted by Crippen LogP contribution is 2.14. The smallest absolute Gasteiger partial charge is 0.328 e. The van der Waals surface area contributed by atoms with Gasteiger partial charge < -0.3 is 25.6 Å². The molecule has 0 radical (unpaired) electrons. The van der Waals surface area contributed by atoms with Gasteiger partial charge in [-0.15, -0.1) is 0 Å². The Balaban J connectivity index is 4.50. The molecule has 0 saturated heterocycles. The minimum Gasteiger partial charge on any atom is -0.480 e. The van der Waals surface area contributed by atoms with Crippen LogP contribution in [-0.4, -0.2) is 59.3 Å². The number of carbonyl (C=O) groups is 4. The largest absolute Gasteiger partial charge is 0.480 e. The summed E-state index contributed by atoms with van der Waals surface area (Å²) in [6.07, 6.45) is 46.5. The molecule has 0 aliphatic carbocycles. The molecule has 0 bridgehead atoms. The molecule has 0 rings (SSSR count). The SMILES string of the molecule is CC/C=C\C/C=C\C/C=C\C/C=C\C(CCCCCC(=O)NCC(=O)NC(CO)C(=O)O)OC(=O)CCCCCCC/C=C\C/C=C\CCCCCC. The summed E-state index contributed by atoms with van der Waals surface area (Å²) >= 11 is 0. The predicted octanol–water partition coefficient (Wildman–Crippen LogP) is 9.54. The molecule has 9 nitrogen and oxygen atoms in total. The zero-order valence-electron chi connectivity index (χ0n) is 33.0. The van der Waals surface area contributed by atoms with E-state index in [0.717, 1.165) is 77.0 Å². The van der Waals surface area contributed by atoms with Crippen LogP contribution in [0.5, 0.6) is 0 Å². The van der Waals surface area contributed by atoms with Crippen molar-refractivity contribution in [2.45, 2.75) is 167 Å². The molecule has 9 heteroatoms. The van der Waals surface area contributed by atoms with Crippen LogP contribution < -0.4 is 10.6 Å². The molecule has 2 unspecified atom stereocenters. The van der Waals surface area contributed by atoms with Crippen molar-refractivity contribution in [2.75, 3.05) is 13.2 Å². The van der Waals surface area contributed by atoms with E-state index in [1.807, 2.05) is 12.2 Å². The fourth-order valence-electron chi connectivity index (χ4n) is 5.30. The Morgan fingerprint density at radius 2 is 1.13 bits per heavy atom. The third kappa shape index (κ3) is 35.1. The number of aliphatic carboxylic acids is 1. The van der Waals surface area contributed by atoms with Crippen molar-refractivity contribution >= 4 is 23.8 Å². The molecular weight excluding hydrogens is 668 g/mol. The summed E-state index contributed by atoms with van der Waals surface area (Å²) in [5, 5.41) is 22.5. The minimum absolute atomic E-state index is 0.178. The normalized spacial score (nSPS) is 13.3. The number of aliphatic hydroxyl groups excluding tert-OH is 1. The highest BCUT2D eigenvalue weighted by atomic mass is 16.5. The monoisotopic (exact) mass is 741 g/mol. The lowest BCUT2D eigenvalue weighted by molar-refractivity contribution is -0.147. The maximum atomic E-state index is 12.7. The van der Waals surface area contributed by atoms with Crippen molar-refractivity contribution in [1.82, 2.24) is 10.6 Å². The van der Waals surface area contributed by atoms with Crippen LogP contribution in [0.3, 0.4) is 0 Å². The van der Waals surface area contributed by atoms with Crippen LogP contribution in [-0.2, 0) is 23.9 Å². The Bertz CT molecular complexity index is 1120. The number of nitrogens with one attached hydrogen (secondary N) is 2. The fraction of sp³-hybridized carbons (Fsp3) is 0.636. The van der Waals surface area contributed by atoms with Gasteiger partial charge in [0.15, 0.2) is 0 Å². The second-order valence-electron chi connectivity index (χ2n) is 13.3. The second-order valence-corrected chi connectivity index (χ2v) is 13.3. The van der Waals surface area contributed by atoms with Crippen molar-refractivity contribution in [3.05, 3.63) is 72.9 Å². The molecule has 0 aliphatic heterocycles. The van der Waals surface area contributed by atoms with Gasteiger partial charge in [0.25, 0.3) is 0 Å². The van der Waals surface area contributed by atoms with E-state index in [4.69, 9.17) is 14.9 Å². The first-order valence-electron chi connectivity index (χ1n) is 20.3. The molecule has 0 saturated carbocycles. The van der Waals surface area contributed by atoms with Crippen LogP contribution >= 0.6 is 0 Å². The van der Waals surface area contributed by atoms with Crippen LogP contribution in [0.2, 0.25) is 0 Å². The van der Waals surface area contributed by atoms with Crippen molar-refractivity contribution < 1.29 is 34.1 Å². The molecule has 0 fully saturated rings. The number of carboxylic acids is 1. The number of hydrogen-bond donors (Lipinski definition) is 4. The van der Waals surface area contributed by atoms with E-state index >= 15 is 0 Å². The van der Waals surface area contributed by atoms with Crippen molar-refractivity contribution in [3.8, 4) is 0 Å². The molecule has 2 amide bonds. The number of ether oxygens (including phenoxy) is 1. The zero-order chi connectivity index (χ0) is 39.0. The van der Waals surface area contributed by atoms with Crippen LogP contribution in [0.25, 0.3) is 0 Å². The summed E-state index contributed by atoms with van der Waals surface area (Å²) in [6.45, 7) is 3.27. The molecule has 2 atom stereocenters. The molecule has 0 aromatic carbocycles. The van der Waals surface area contributed by atoms with Gasteiger partial charge in [0.05, 0.1) is 13.2 Å². The second kappa shape index (κ2) is 38.0. The van der Waals surface area contributed by atoms with Crippen LogP contribution in [0.4, 0.5) is 0 Å². The maximum Gasteiger partial charge on any atom is 0.328 e. The van der Waals surface area contributed by atoms with Gasteiger partial charge in [-0.05, 0) is 89.5 Å². The van der Waals surface area contributed by atoms with Gasteiger partial charge in [0, 0.05) is 12.8 Å². The number of rotatable bonds is 35. The van der Waals surface area contributed by atoms with Gasteiger partial charge >= 0.3 is 11.9 Å². The molecule has 0 spiro atoms. The van der Waals surface area contributed by atoms with Crippen LogP contribution in [0.15, 0.2) is 72.9 Å². The molecule has 0 aromatic rings. The van der Waals surface area contributed by atoms with E-state index in [1.54, 1.807) is 0 Å². The Kier molecular flexibility index (Phi) is 35.3. The predicted molar refractivity (Wildman–Crippen MR) is 217 cm³/mol. The van der Waals surface area contributed by atoms with Crippen LogP contribution in [0.1, 0.15) is 155 Å². The first-order valence-corrected chi connectivity index (χ1v) is 20.3. The molecule has 300 valence electrons. The highest BCUT2D eigenvalue weighted by Gasteiger charge is 2.18. The molecule has 0 aromatic heterocycles. The van der Waals surface area contributed by atoms with Crippen molar-refractivity contribution in [3.63, 3.8) is 0 Å². The number of hydrogen-bond acceptors (Lipinski definition) is 6. The number of unbranched alkanes of at least 4 members (excludes halogenated alkanes) is 11. The molecule has 4 N–H and O–H groups in total. The Hall–Kier alpha value is -3.72. The van der Waals surface area contributed by atoms with E-state index in [2.05, 4.69) is 85.2 Å². The zero-order valence-corrected chi connectivity index (χ0v) is 33.0. The average Bonchev–Trinajstić information content (AvgIpc) is 3.14. The summed E-state index contributed by atoms with van der Waals surface area (Å²) < 4.78 is 5.85. The van der Waals surface area contributed by atoms with Gasteiger partial charge in [0.2, 0.25) is 11.8 Å². The van der Waals surface area contributed by atoms with Gasteiger partial charge in [-0.2, -0.15) is 0 Å². The molecule has 53 heavy (non-hydrogen) atoms. The number of allylic oxidation sites excluding steroid dienone is 11. The topological polar surface area (TPSA) is 142 Å². The van der Waals surface area contributed by atoms with E-state index in [-0.39, 0.29) is 30.9 Å². The van der Waals surface area contributed by atoms with Crippen LogP contribution in [0, 0.1) is 0 Å².